The van der Waals surface area contributed by atoms with Gasteiger partial charge in [0.25, 0.3) is 5.91 Å². The summed E-state index contributed by atoms with van der Waals surface area (Å²) in [5.41, 5.74) is 10.0. The number of nitrogen functional groups attached to an aromatic ring is 1. The molecule has 0 atom stereocenters. The van der Waals surface area contributed by atoms with Crippen molar-refractivity contribution in [1.82, 2.24) is 30.2 Å². The number of fused-ring (bicyclic) bond motifs is 2. The van der Waals surface area contributed by atoms with Crippen LogP contribution in [-0.2, 0) is 22.7 Å². The van der Waals surface area contributed by atoms with E-state index in [0.717, 1.165) is 31.8 Å². The zero-order valence-electron chi connectivity index (χ0n) is 24.9. The van der Waals surface area contributed by atoms with Crippen LogP contribution >= 0.6 is 11.3 Å². The minimum atomic E-state index is -0.489. The number of aliphatic imine (C=N–C) groups is 1. The Morgan fingerprint density at radius 3 is 2.73 bits per heavy atom. The van der Waals surface area contributed by atoms with E-state index in [4.69, 9.17) is 15.2 Å². The maximum atomic E-state index is 12.3. The Morgan fingerprint density at radius 1 is 1.16 bits per heavy atom. The molecular weight excluding hydrogens is 594 g/mol. The number of likely N-dealkylation sites (N-methyl/N-ethyl adjacent to an activating group) is 2. The number of thiophene rings is 1. The van der Waals surface area contributed by atoms with Gasteiger partial charge in [0.15, 0.2) is 5.65 Å². The van der Waals surface area contributed by atoms with Crippen LogP contribution in [0.25, 0.3) is 27.3 Å². The molecule has 0 unspecified atom stereocenters. The molecular formula is C31H31N9O4S. The van der Waals surface area contributed by atoms with Crippen molar-refractivity contribution in [2.45, 2.75) is 20.1 Å². The fourth-order valence-electron chi connectivity index (χ4n) is 4.66. The highest BCUT2D eigenvalue weighted by Gasteiger charge is 2.23. The van der Waals surface area contributed by atoms with E-state index < -0.39 is 6.09 Å². The first kappa shape index (κ1) is 29.6. The van der Waals surface area contributed by atoms with Gasteiger partial charge < -0.3 is 30.4 Å². The van der Waals surface area contributed by atoms with Crippen LogP contribution in [0.3, 0.4) is 0 Å². The molecule has 3 aromatic heterocycles. The maximum Gasteiger partial charge on any atom is 0.407 e. The molecule has 0 saturated heterocycles. The van der Waals surface area contributed by atoms with Crippen molar-refractivity contribution in [2.75, 3.05) is 37.9 Å². The van der Waals surface area contributed by atoms with Crippen LogP contribution in [0.15, 0.2) is 65.5 Å². The van der Waals surface area contributed by atoms with E-state index in [-0.39, 0.29) is 25.1 Å². The third kappa shape index (κ3) is 6.70. The van der Waals surface area contributed by atoms with Crippen LogP contribution in [0, 0.1) is 0 Å². The number of amides is 2. The molecule has 2 aromatic carbocycles. The SMILES string of the molecule is CC1=N/C(=C/c2cc3ccc(N(C)CCOC(=O)NCc4ccc(COc5nc(N)nc6nc[nH]c56)cc4)cc3s2)C(=O)N1C. The molecule has 5 aromatic rings. The molecule has 0 aliphatic carbocycles. The minimum absolute atomic E-state index is 0.0890. The van der Waals surface area contributed by atoms with Gasteiger partial charge in [-0.25, -0.2) is 14.8 Å². The summed E-state index contributed by atoms with van der Waals surface area (Å²) in [6, 6.07) is 15.9. The molecule has 4 N–H and O–H groups in total. The monoisotopic (exact) mass is 625 g/mol. The van der Waals surface area contributed by atoms with Crippen LogP contribution in [0.5, 0.6) is 5.88 Å². The lowest BCUT2D eigenvalue weighted by Crippen LogP contribution is -2.28. The van der Waals surface area contributed by atoms with E-state index in [9.17, 15) is 9.59 Å². The number of carbonyl (C=O) groups is 2. The van der Waals surface area contributed by atoms with Gasteiger partial charge in [0.2, 0.25) is 11.8 Å². The summed E-state index contributed by atoms with van der Waals surface area (Å²) in [6.45, 7) is 3.17. The van der Waals surface area contributed by atoms with Gasteiger partial charge in [-0.3, -0.25) is 9.69 Å². The van der Waals surface area contributed by atoms with Crippen LogP contribution < -0.4 is 20.7 Å². The van der Waals surface area contributed by atoms with Gasteiger partial charge in [0.05, 0.1) is 12.9 Å². The third-order valence-corrected chi connectivity index (χ3v) is 8.34. The number of H-pyrrole nitrogens is 1. The second-order valence-corrected chi connectivity index (χ2v) is 11.5. The smallest absolute Gasteiger partial charge is 0.407 e. The molecule has 4 heterocycles. The molecule has 1 aliphatic rings. The zero-order valence-corrected chi connectivity index (χ0v) is 25.7. The first-order chi connectivity index (χ1) is 21.7. The van der Waals surface area contributed by atoms with E-state index in [0.29, 0.717) is 41.7 Å². The normalized spacial score (nSPS) is 13.9. The van der Waals surface area contributed by atoms with E-state index in [1.807, 2.05) is 61.3 Å². The maximum absolute atomic E-state index is 12.3. The fourth-order valence-corrected chi connectivity index (χ4v) is 5.69. The largest absolute Gasteiger partial charge is 0.471 e. The highest BCUT2D eigenvalue weighted by molar-refractivity contribution is 7.19. The molecule has 45 heavy (non-hydrogen) atoms. The van der Waals surface area contributed by atoms with Crippen molar-refractivity contribution < 1.29 is 19.1 Å². The van der Waals surface area contributed by atoms with E-state index in [1.54, 1.807) is 23.3 Å². The van der Waals surface area contributed by atoms with Crippen molar-refractivity contribution in [3.05, 3.63) is 76.6 Å². The Balaban J connectivity index is 0.949. The fraction of sp³-hybridized carbons (Fsp3) is 0.226. The number of nitrogens with one attached hydrogen (secondary N) is 2. The summed E-state index contributed by atoms with van der Waals surface area (Å²) in [5.74, 6) is 1.01. The predicted molar refractivity (Wildman–Crippen MR) is 174 cm³/mol. The number of carbonyl (C=O) groups excluding carboxylic acids is 2. The van der Waals surface area contributed by atoms with E-state index in [1.165, 1.54) is 6.33 Å². The minimum Gasteiger partial charge on any atom is -0.471 e. The number of imidazole rings is 1. The zero-order chi connectivity index (χ0) is 31.5. The second kappa shape index (κ2) is 12.6. The molecule has 1 aliphatic heterocycles. The van der Waals surface area contributed by atoms with Gasteiger partial charge in [0.1, 0.15) is 30.3 Å². The van der Waals surface area contributed by atoms with Crippen molar-refractivity contribution in [2.24, 2.45) is 4.99 Å². The Bertz CT molecular complexity index is 1950. The molecule has 0 radical (unpaired) electrons. The van der Waals surface area contributed by atoms with Crippen molar-refractivity contribution >= 4 is 68.1 Å². The number of nitrogens with zero attached hydrogens (tertiary/aromatic N) is 6. The topological polar surface area (TPSA) is 164 Å². The summed E-state index contributed by atoms with van der Waals surface area (Å²) in [4.78, 5) is 48.8. The Morgan fingerprint density at radius 2 is 1.96 bits per heavy atom. The lowest BCUT2D eigenvalue weighted by molar-refractivity contribution is -0.121. The average Bonchev–Trinajstić information content (AvgIpc) is 3.73. The number of benzene rings is 2. The van der Waals surface area contributed by atoms with Gasteiger partial charge in [-0.15, -0.1) is 11.3 Å². The second-order valence-electron chi connectivity index (χ2n) is 10.4. The summed E-state index contributed by atoms with van der Waals surface area (Å²) in [6.07, 6.45) is 2.85. The number of hydrogen-bond acceptors (Lipinski definition) is 11. The van der Waals surface area contributed by atoms with Crippen molar-refractivity contribution in [3.8, 4) is 5.88 Å². The highest BCUT2D eigenvalue weighted by Crippen LogP contribution is 2.31. The Kier molecular flexibility index (Phi) is 8.29. The number of alkyl carbamates (subject to hydrolysis) is 1. The predicted octanol–water partition coefficient (Wildman–Crippen LogP) is 4.32. The molecule has 0 fully saturated rings. The number of aromatic nitrogens is 4. The van der Waals surface area contributed by atoms with Crippen LogP contribution in [-0.4, -0.2) is 69.9 Å². The molecule has 0 spiro atoms. The Hall–Kier alpha value is -5.50. The lowest BCUT2D eigenvalue weighted by Gasteiger charge is -2.19. The number of anilines is 2. The number of amidine groups is 1. The summed E-state index contributed by atoms with van der Waals surface area (Å²) < 4.78 is 12.3. The molecule has 14 heteroatoms. The third-order valence-electron chi connectivity index (χ3n) is 7.30. The number of rotatable bonds is 10. The van der Waals surface area contributed by atoms with Gasteiger partial charge >= 0.3 is 6.09 Å². The molecule has 6 rings (SSSR count). The molecule has 13 nitrogen and oxygen atoms in total. The number of ether oxygens (including phenoxy) is 2. The van der Waals surface area contributed by atoms with E-state index >= 15 is 0 Å². The van der Waals surface area contributed by atoms with Crippen molar-refractivity contribution in [3.63, 3.8) is 0 Å². The first-order valence-electron chi connectivity index (χ1n) is 14.1. The summed E-state index contributed by atoms with van der Waals surface area (Å²) >= 11 is 1.60. The van der Waals surface area contributed by atoms with E-state index in [2.05, 4.69) is 42.4 Å². The van der Waals surface area contributed by atoms with Crippen LogP contribution in [0.2, 0.25) is 0 Å². The number of aromatic amines is 1. The Labute approximate surface area is 262 Å². The average molecular weight is 626 g/mol. The lowest BCUT2D eigenvalue weighted by atomic mass is 10.1. The van der Waals surface area contributed by atoms with Crippen LogP contribution in [0.1, 0.15) is 22.9 Å². The van der Waals surface area contributed by atoms with Crippen molar-refractivity contribution in [1.29, 1.82) is 0 Å². The molecule has 230 valence electrons. The van der Waals surface area contributed by atoms with Gasteiger partial charge in [0, 0.05) is 35.9 Å². The molecule has 0 bridgehead atoms. The highest BCUT2D eigenvalue weighted by atomic mass is 32.1. The summed E-state index contributed by atoms with van der Waals surface area (Å²) in [7, 11) is 3.67. The van der Waals surface area contributed by atoms with Gasteiger partial charge in [-0.2, -0.15) is 9.97 Å². The standard InChI is InChI=1S/C31H31N9O4S/c1-18-36-24(29(41)40(18)3)14-23-12-21-8-9-22(13-25(21)45-23)39(2)10-11-43-31(42)33-15-19-4-6-20(7-5-19)16-44-28-26-27(35-17-34-26)37-30(32)38-28/h4-9,12-14,17H,10-11,15-16H2,1-3H3,(H,33,42)(H3,32,34,35,37,38)/b24-14+. The van der Waals surface area contributed by atoms with Gasteiger partial charge in [-0.1, -0.05) is 30.3 Å². The molecule has 2 amide bonds. The van der Waals surface area contributed by atoms with Crippen LogP contribution in [0.4, 0.5) is 16.4 Å². The quantitative estimate of drug-likeness (QED) is 0.192. The number of hydrogen-bond donors (Lipinski definition) is 3. The van der Waals surface area contributed by atoms with Gasteiger partial charge in [-0.05, 0) is 47.7 Å². The molecule has 0 saturated carbocycles. The number of nitrogens with two attached hydrogens (primary N) is 1. The first-order valence-corrected chi connectivity index (χ1v) is 14.9. The summed E-state index contributed by atoms with van der Waals surface area (Å²) in [5, 5.41) is 3.87.